The van der Waals surface area contributed by atoms with E-state index in [9.17, 15) is 0 Å². The molecule has 0 aromatic heterocycles. The van der Waals surface area contributed by atoms with Gasteiger partial charge in [-0.25, -0.2) is 0 Å². The first-order valence-corrected chi connectivity index (χ1v) is 47.7. The molecule has 2 aliphatic heterocycles. The lowest BCUT2D eigenvalue weighted by Crippen LogP contribution is -2.36. The van der Waals surface area contributed by atoms with Gasteiger partial charge in [-0.2, -0.15) is 0 Å². The molecule has 0 unspecified atom stereocenters. The highest BCUT2D eigenvalue weighted by Crippen LogP contribution is 2.68. The monoisotopic (exact) mass is 1740 g/mol. The molecule has 22 aromatic rings. The van der Waals surface area contributed by atoms with Gasteiger partial charge in [-0.15, -0.1) is 0 Å². The summed E-state index contributed by atoms with van der Waals surface area (Å²) in [5.74, 6) is 0. The standard InChI is InChI=1S/C68H48N2.C65H44N2/c1-67(2)57-29-13-11-25-52(57)53-41-40-49(44-62(53)67)69(48-38-36-46(37-39-48)45-20-5-3-6-21-45)63-43-42-51(50-24-9-10-26-54(50)63)55-28-19-33-61-66(55)56-27-12-14-30-58(56)68(61)59-31-15-17-34-64(59)70(47-22-7-4-8-23-47)65-35-18-16-32-60(65)68;1-4-21-45(22-5-1)46-39-41-49(42-40-46)66(60-36-17-13-27-50(60)47-23-6-2-7-24-47)61-44-43-52(51-28-10-11-29-53(51)61)54-31-20-35-59-64(54)55-30-12-14-32-56(55)65(59)57-33-15-18-37-62(57)67(48-25-8-3-9-26-48)63-38-19-16-34-58(63)65/h3-44H,1-2H3;1-44H. The molecule has 0 fully saturated rings. The first kappa shape index (κ1) is 80.4. The van der Waals surface area contributed by atoms with Gasteiger partial charge in [0.05, 0.1) is 50.6 Å². The van der Waals surface area contributed by atoms with Crippen molar-refractivity contribution in [1.29, 1.82) is 0 Å². The summed E-state index contributed by atoms with van der Waals surface area (Å²) in [4.78, 5) is 9.84. The number of fused-ring (bicyclic) bond motifs is 23. The van der Waals surface area contributed by atoms with Crippen LogP contribution < -0.4 is 19.6 Å². The van der Waals surface area contributed by atoms with Crippen LogP contribution in [-0.4, -0.2) is 0 Å². The zero-order valence-corrected chi connectivity index (χ0v) is 75.9. The molecule has 0 radical (unpaired) electrons. The lowest BCUT2D eigenvalue weighted by Gasteiger charge is -2.45. The van der Waals surface area contributed by atoms with E-state index in [4.69, 9.17) is 0 Å². The molecule has 0 amide bonds. The molecule has 2 heterocycles. The van der Waals surface area contributed by atoms with Crippen LogP contribution in [0.1, 0.15) is 69.5 Å². The molecule has 22 aromatic carbocycles. The van der Waals surface area contributed by atoms with Gasteiger partial charge in [0.15, 0.2) is 0 Å². The van der Waals surface area contributed by atoms with E-state index in [-0.39, 0.29) is 5.41 Å². The first-order valence-electron chi connectivity index (χ1n) is 47.7. The molecular formula is C133H92N4. The van der Waals surface area contributed by atoms with E-state index in [1.807, 2.05) is 0 Å². The topological polar surface area (TPSA) is 13.0 Å². The Bertz CT molecular complexity index is 8400. The van der Waals surface area contributed by atoms with Crippen molar-refractivity contribution in [2.75, 3.05) is 19.6 Å². The minimum atomic E-state index is -0.542. The first-order chi connectivity index (χ1) is 67.8. The van der Waals surface area contributed by atoms with Crippen LogP contribution in [0, 0.1) is 0 Å². The number of benzene rings is 22. The van der Waals surface area contributed by atoms with Crippen molar-refractivity contribution in [1.82, 2.24) is 0 Å². The van der Waals surface area contributed by atoms with Crippen molar-refractivity contribution in [3.05, 3.63) is 577 Å². The average Bonchev–Trinajstić information content (AvgIpc) is 1.50. The summed E-state index contributed by atoms with van der Waals surface area (Å²) < 4.78 is 0. The van der Waals surface area contributed by atoms with E-state index in [2.05, 4.69) is 555 Å². The molecule has 5 aliphatic rings. The van der Waals surface area contributed by atoms with Crippen LogP contribution in [0.2, 0.25) is 0 Å². The number of para-hydroxylation sites is 7. The normalized spacial score (nSPS) is 13.5. The summed E-state index contributed by atoms with van der Waals surface area (Å²) in [6.07, 6.45) is 0. The lowest BCUT2D eigenvalue weighted by atomic mass is 9.64. The highest BCUT2D eigenvalue weighted by atomic mass is 15.2. The van der Waals surface area contributed by atoms with Crippen LogP contribution in [0.15, 0.2) is 522 Å². The second kappa shape index (κ2) is 32.5. The molecule has 0 saturated heterocycles. The van der Waals surface area contributed by atoms with Gasteiger partial charge in [0, 0.05) is 50.2 Å². The maximum Gasteiger partial charge on any atom is 0.0754 e. The number of hydrogen-bond acceptors (Lipinski definition) is 4. The Morgan fingerprint density at radius 2 is 0.467 bits per heavy atom. The van der Waals surface area contributed by atoms with Gasteiger partial charge >= 0.3 is 0 Å². The summed E-state index contributed by atoms with van der Waals surface area (Å²) >= 11 is 0. The van der Waals surface area contributed by atoms with Gasteiger partial charge in [0.2, 0.25) is 0 Å². The van der Waals surface area contributed by atoms with Crippen LogP contribution in [0.3, 0.4) is 0 Å². The van der Waals surface area contributed by atoms with E-state index in [0.29, 0.717) is 0 Å². The average molecular weight is 1750 g/mol. The summed E-state index contributed by atoms with van der Waals surface area (Å²) in [6.45, 7) is 4.74. The Morgan fingerprint density at radius 3 is 0.912 bits per heavy atom. The molecule has 4 nitrogen and oxygen atoms in total. The van der Waals surface area contributed by atoms with Crippen molar-refractivity contribution in [2.45, 2.75) is 30.1 Å². The predicted octanol–water partition coefficient (Wildman–Crippen LogP) is 35.6. The van der Waals surface area contributed by atoms with Crippen LogP contribution in [-0.2, 0) is 16.2 Å². The fourth-order valence-corrected chi connectivity index (χ4v) is 24.0. The SMILES string of the molecule is CC1(C)c2ccccc2-c2ccc(N(c3ccc(-c4ccccc4)cc3)c3ccc(-c4cccc5c4-c4ccccc4C54c5ccccc5N(c5ccccc5)c5ccccc54)c4ccccc34)cc21.c1ccc(-c2ccc(N(c3ccccc3-c3ccccc3)c3ccc(-c4cccc5c4-c4ccccc4C54c5ccccc5N(c5ccccc5)c5ccccc54)c4ccccc34)cc2)cc1. The largest absolute Gasteiger partial charge is 0.310 e. The Balaban J connectivity index is 0.000000142. The zero-order chi connectivity index (χ0) is 90.9. The minimum absolute atomic E-state index is 0.142. The highest BCUT2D eigenvalue weighted by Gasteiger charge is 2.55. The molecule has 3 aliphatic carbocycles. The van der Waals surface area contributed by atoms with Crippen LogP contribution >= 0.6 is 0 Å². The molecule has 0 bridgehead atoms. The number of nitrogens with zero attached hydrogens (tertiary/aromatic N) is 4. The van der Waals surface area contributed by atoms with Gasteiger partial charge in [-0.3, -0.25) is 0 Å². The maximum absolute atomic E-state index is 2.48. The van der Waals surface area contributed by atoms with Crippen molar-refractivity contribution in [3.63, 3.8) is 0 Å². The molecule has 27 rings (SSSR count). The molecule has 644 valence electrons. The van der Waals surface area contributed by atoms with Crippen molar-refractivity contribution in [3.8, 4) is 89.0 Å². The quantitative estimate of drug-likeness (QED) is 0.114. The van der Waals surface area contributed by atoms with E-state index in [1.54, 1.807) is 0 Å². The minimum Gasteiger partial charge on any atom is -0.310 e. The Hall–Kier alpha value is -17.4. The summed E-state index contributed by atoms with van der Waals surface area (Å²) in [7, 11) is 0. The van der Waals surface area contributed by atoms with Crippen molar-refractivity contribution < 1.29 is 0 Å². The Labute approximate surface area is 800 Å². The van der Waals surface area contributed by atoms with E-state index in [1.165, 1.54) is 189 Å². The summed E-state index contributed by atoms with van der Waals surface area (Å²) in [5.41, 5.74) is 45.5. The van der Waals surface area contributed by atoms with Crippen LogP contribution in [0.4, 0.5) is 68.2 Å². The number of rotatable bonds is 13. The lowest BCUT2D eigenvalue weighted by molar-refractivity contribution is 0.660. The molecule has 4 heteroatoms. The third-order valence-electron chi connectivity index (χ3n) is 29.7. The fourth-order valence-electron chi connectivity index (χ4n) is 24.0. The van der Waals surface area contributed by atoms with Gasteiger partial charge in [-0.1, -0.05) is 432 Å². The second-order valence-corrected chi connectivity index (χ2v) is 37.1. The summed E-state index contributed by atoms with van der Waals surface area (Å²) in [5, 5.41) is 4.79. The Morgan fingerprint density at radius 1 is 0.168 bits per heavy atom. The van der Waals surface area contributed by atoms with Crippen molar-refractivity contribution >= 4 is 89.8 Å². The molecule has 0 N–H and O–H groups in total. The van der Waals surface area contributed by atoms with Crippen LogP contribution in [0.25, 0.3) is 111 Å². The third kappa shape index (κ3) is 12.5. The molecule has 0 saturated carbocycles. The third-order valence-corrected chi connectivity index (χ3v) is 29.7. The van der Waals surface area contributed by atoms with E-state index in [0.717, 1.165) is 45.5 Å². The van der Waals surface area contributed by atoms with E-state index >= 15 is 0 Å². The second-order valence-electron chi connectivity index (χ2n) is 37.1. The summed E-state index contributed by atoms with van der Waals surface area (Å²) in [6, 6.07) is 193. The van der Waals surface area contributed by atoms with Gasteiger partial charge in [0.1, 0.15) is 0 Å². The Kier molecular flexibility index (Phi) is 19.1. The van der Waals surface area contributed by atoms with Gasteiger partial charge in [-0.05, 0) is 253 Å². The molecular weight excluding hydrogens is 1650 g/mol. The van der Waals surface area contributed by atoms with Crippen molar-refractivity contribution in [2.24, 2.45) is 0 Å². The number of anilines is 12. The van der Waals surface area contributed by atoms with Gasteiger partial charge in [0.25, 0.3) is 0 Å². The fraction of sp³-hybridized carbons (Fsp3) is 0.0376. The zero-order valence-electron chi connectivity index (χ0n) is 75.9. The molecule has 0 atom stereocenters. The van der Waals surface area contributed by atoms with E-state index < -0.39 is 10.8 Å². The molecule has 2 spiro atoms. The van der Waals surface area contributed by atoms with Crippen LogP contribution in [0.5, 0.6) is 0 Å². The number of hydrogen-bond donors (Lipinski definition) is 0. The molecule has 137 heavy (non-hydrogen) atoms. The maximum atomic E-state index is 2.48. The highest BCUT2D eigenvalue weighted by molar-refractivity contribution is 6.13. The predicted molar refractivity (Wildman–Crippen MR) is 573 cm³/mol. The smallest absolute Gasteiger partial charge is 0.0754 e. The van der Waals surface area contributed by atoms with Gasteiger partial charge < -0.3 is 19.6 Å².